The summed E-state index contributed by atoms with van der Waals surface area (Å²) in [6, 6.07) is 12.0. The molecule has 160 valence electrons. The molecule has 0 spiro atoms. The SMILES string of the molecule is C[C@@H](NS(C)(=O)=O)c1ccc(CN2CCOC(c3ccc(F)cc3Cl)C2)cc1.Cl. The maximum absolute atomic E-state index is 13.3. The van der Waals surface area contributed by atoms with Gasteiger partial charge in [-0.2, -0.15) is 0 Å². The van der Waals surface area contributed by atoms with E-state index in [0.29, 0.717) is 18.2 Å². The fourth-order valence-electron chi connectivity index (χ4n) is 3.36. The van der Waals surface area contributed by atoms with E-state index in [1.165, 1.54) is 12.1 Å². The number of rotatable bonds is 6. The van der Waals surface area contributed by atoms with Crippen LogP contribution in [0.4, 0.5) is 4.39 Å². The van der Waals surface area contributed by atoms with Gasteiger partial charge in [0.15, 0.2) is 0 Å². The van der Waals surface area contributed by atoms with Crippen LogP contribution in [0.5, 0.6) is 0 Å². The first-order chi connectivity index (χ1) is 13.2. The van der Waals surface area contributed by atoms with Crippen molar-refractivity contribution in [3.05, 3.63) is 70.0 Å². The molecule has 1 saturated heterocycles. The first-order valence-electron chi connectivity index (χ1n) is 9.06. The molecule has 0 bridgehead atoms. The van der Waals surface area contributed by atoms with Gasteiger partial charge in [-0.25, -0.2) is 17.5 Å². The molecular formula is C20H25Cl2FN2O3S. The molecule has 0 amide bonds. The van der Waals surface area contributed by atoms with Crippen molar-refractivity contribution < 1.29 is 17.5 Å². The lowest BCUT2D eigenvalue weighted by Crippen LogP contribution is -2.37. The Balaban J connectivity index is 0.00000300. The molecule has 1 aliphatic heterocycles. The maximum Gasteiger partial charge on any atom is 0.209 e. The van der Waals surface area contributed by atoms with E-state index in [0.717, 1.165) is 36.0 Å². The highest BCUT2D eigenvalue weighted by molar-refractivity contribution is 7.88. The van der Waals surface area contributed by atoms with Crippen LogP contribution in [-0.2, 0) is 21.3 Å². The average molecular weight is 463 g/mol. The molecule has 3 rings (SSSR count). The third-order valence-electron chi connectivity index (χ3n) is 4.74. The minimum atomic E-state index is -3.25. The molecule has 0 radical (unpaired) electrons. The van der Waals surface area contributed by atoms with E-state index in [2.05, 4.69) is 9.62 Å². The minimum Gasteiger partial charge on any atom is -0.371 e. The molecular weight excluding hydrogens is 438 g/mol. The van der Waals surface area contributed by atoms with Gasteiger partial charge in [0, 0.05) is 36.3 Å². The predicted molar refractivity (Wildman–Crippen MR) is 115 cm³/mol. The fourth-order valence-corrected chi connectivity index (χ4v) is 4.42. The molecule has 29 heavy (non-hydrogen) atoms. The number of nitrogens with zero attached hydrogens (tertiary/aromatic N) is 1. The number of benzene rings is 2. The van der Waals surface area contributed by atoms with E-state index in [4.69, 9.17) is 16.3 Å². The Morgan fingerprint density at radius 3 is 2.59 bits per heavy atom. The quantitative estimate of drug-likeness (QED) is 0.702. The summed E-state index contributed by atoms with van der Waals surface area (Å²) in [4.78, 5) is 2.26. The summed E-state index contributed by atoms with van der Waals surface area (Å²) in [5, 5.41) is 0.378. The van der Waals surface area contributed by atoms with Gasteiger partial charge in [-0.05, 0) is 30.2 Å². The number of sulfonamides is 1. The van der Waals surface area contributed by atoms with E-state index in [9.17, 15) is 12.8 Å². The molecule has 0 saturated carbocycles. The van der Waals surface area contributed by atoms with E-state index < -0.39 is 10.0 Å². The van der Waals surface area contributed by atoms with E-state index in [-0.39, 0.29) is 30.4 Å². The number of ether oxygens (including phenoxy) is 1. The normalized spacial score (nSPS) is 18.8. The van der Waals surface area contributed by atoms with Crippen molar-refractivity contribution in [1.29, 1.82) is 0 Å². The van der Waals surface area contributed by atoms with Crippen molar-refractivity contribution in [2.24, 2.45) is 0 Å². The molecule has 9 heteroatoms. The van der Waals surface area contributed by atoms with Gasteiger partial charge < -0.3 is 4.74 Å². The molecule has 0 aromatic heterocycles. The van der Waals surface area contributed by atoms with Gasteiger partial charge in [0.25, 0.3) is 0 Å². The Bertz CT molecular complexity index is 926. The van der Waals surface area contributed by atoms with Crippen LogP contribution in [0, 0.1) is 5.82 Å². The molecule has 2 aromatic carbocycles. The predicted octanol–water partition coefficient (Wildman–Crippen LogP) is 4.08. The molecule has 5 nitrogen and oxygen atoms in total. The van der Waals surface area contributed by atoms with Gasteiger partial charge in [-0.1, -0.05) is 41.9 Å². The standard InChI is InChI=1S/C20H24ClFN2O3S.ClH/c1-14(23-28(2,25)26)16-5-3-15(4-6-16)12-24-9-10-27-20(13-24)18-8-7-17(22)11-19(18)21;/h3-8,11,14,20,23H,9-10,12-13H2,1-2H3;1H/t14-,20?;/m1./s1. The molecule has 1 unspecified atom stereocenters. The van der Waals surface area contributed by atoms with Crippen molar-refractivity contribution in [3.8, 4) is 0 Å². The number of morpholine rings is 1. The van der Waals surface area contributed by atoms with Gasteiger partial charge in [0.2, 0.25) is 10.0 Å². The second kappa shape index (κ2) is 10.2. The van der Waals surface area contributed by atoms with E-state index in [1.807, 2.05) is 31.2 Å². The minimum absolute atomic E-state index is 0. The topological polar surface area (TPSA) is 58.6 Å². The van der Waals surface area contributed by atoms with Crippen LogP contribution in [0.15, 0.2) is 42.5 Å². The zero-order chi connectivity index (χ0) is 20.3. The molecule has 1 fully saturated rings. The highest BCUT2D eigenvalue weighted by Crippen LogP contribution is 2.29. The van der Waals surface area contributed by atoms with Gasteiger partial charge in [-0.3, -0.25) is 4.90 Å². The second-order valence-corrected chi connectivity index (χ2v) is 9.30. The third-order valence-corrected chi connectivity index (χ3v) is 5.85. The number of hydrogen-bond donors (Lipinski definition) is 1. The lowest BCUT2D eigenvalue weighted by atomic mass is 10.0. The fraction of sp³-hybridized carbons (Fsp3) is 0.400. The van der Waals surface area contributed by atoms with Crippen LogP contribution in [0.1, 0.15) is 35.8 Å². The summed E-state index contributed by atoms with van der Waals surface area (Å²) < 4.78 is 44.4. The molecule has 1 aliphatic rings. The molecule has 1 heterocycles. The van der Waals surface area contributed by atoms with Crippen molar-refractivity contribution in [1.82, 2.24) is 9.62 Å². The first kappa shape index (κ1) is 24.1. The number of nitrogens with one attached hydrogen (secondary N) is 1. The highest BCUT2D eigenvalue weighted by atomic mass is 35.5. The molecule has 0 aliphatic carbocycles. The van der Waals surface area contributed by atoms with E-state index in [1.54, 1.807) is 6.07 Å². The van der Waals surface area contributed by atoms with Crippen LogP contribution in [0.3, 0.4) is 0 Å². The Hall–Kier alpha value is -1.22. The Morgan fingerprint density at radius 1 is 1.28 bits per heavy atom. The summed E-state index contributed by atoms with van der Waals surface area (Å²) in [5.74, 6) is -0.360. The van der Waals surface area contributed by atoms with Gasteiger partial charge in [0.1, 0.15) is 5.82 Å². The highest BCUT2D eigenvalue weighted by Gasteiger charge is 2.24. The van der Waals surface area contributed by atoms with Crippen LogP contribution in [0.25, 0.3) is 0 Å². The Morgan fingerprint density at radius 2 is 1.97 bits per heavy atom. The lowest BCUT2D eigenvalue weighted by molar-refractivity contribution is -0.0329. The van der Waals surface area contributed by atoms with Gasteiger partial charge in [0.05, 0.1) is 19.0 Å². The number of halogens is 3. The maximum atomic E-state index is 13.3. The second-order valence-electron chi connectivity index (χ2n) is 7.11. The smallest absolute Gasteiger partial charge is 0.209 e. The zero-order valence-electron chi connectivity index (χ0n) is 16.3. The number of hydrogen-bond acceptors (Lipinski definition) is 4. The lowest BCUT2D eigenvalue weighted by Gasteiger charge is -2.33. The monoisotopic (exact) mass is 462 g/mol. The van der Waals surface area contributed by atoms with Crippen LogP contribution < -0.4 is 4.72 Å². The van der Waals surface area contributed by atoms with Gasteiger partial charge >= 0.3 is 0 Å². The third kappa shape index (κ3) is 6.91. The summed E-state index contributed by atoms with van der Waals surface area (Å²) in [7, 11) is -3.25. The van der Waals surface area contributed by atoms with Crippen molar-refractivity contribution >= 4 is 34.0 Å². The van der Waals surface area contributed by atoms with Crippen molar-refractivity contribution in [2.75, 3.05) is 26.0 Å². The summed E-state index contributed by atoms with van der Waals surface area (Å²) in [5.41, 5.74) is 2.83. The molecule has 1 N–H and O–H groups in total. The van der Waals surface area contributed by atoms with Gasteiger partial charge in [-0.15, -0.1) is 12.4 Å². The average Bonchev–Trinajstić information content (AvgIpc) is 2.61. The zero-order valence-corrected chi connectivity index (χ0v) is 18.7. The van der Waals surface area contributed by atoms with Crippen molar-refractivity contribution in [3.63, 3.8) is 0 Å². The largest absolute Gasteiger partial charge is 0.371 e. The summed E-state index contributed by atoms with van der Waals surface area (Å²) in [6.45, 7) is 4.59. The first-order valence-corrected chi connectivity index (χ1v) is 11.3. The van der Waals surface area contributed by atoms with E-state index >= 15 is 0 Å². The molecule has 2 atom stereocenters. The summed E-state index contributed by atoms with van der Waals surface area (Å²) >= 11 is 6.18. The Kier molecular flexibility index (Phi) is 8.46. The Labute approximate surface area is 182 Å². The van der Waals surface area contributed by atoms with Crippen LogP contribution in [-0.4, -0.2) is 39.3 Å². The van der Waals surface area contributed by atoms with Crippen LogP contribution >= 0.6 is 24.0 Å². The molecule has 2 aromatic rings. The van der Waals surface area contributed by atoms with Crippen molar-refractivity contribution in [2.45, 2.75) is 25.6 Å². The summed E-state index contributed by atoms with van der Waals surface area (Å²) in [6.07, 6.45) is 0.959. The van der Waals surface area contributed by atoms with Crippen LogP contribution in [0.2, 0.25) is 5.02 Å².